The molecule has 2 atom stereocenters. The van der Waals surface area contributed by atoms with Crippen LogP contribution >= 0.6 is 0 Å². The number of halogens is 1. The number of carbonyl (C=O) groups is 1. The summed E-state index contributed by atoms with van der Waals surface area (Å²) in [5, 5.41) is 11.8. The van der Waals surface area contributed by atoms with Gasteiger partial charge in [0.15, 0.2) is 5.78 Å². The van der Waals surface area contributed by atoms with Gasteiger partial charge in [0, 0.05) is 35.4 Å². The van der Waals surface area contributed by atoms with Gasteiger partial charge in [0.2, 0.25) is 0 Å². The van der Waals surface area contributed by atoms with Crippen molar-refractivity contribution in [3.63, 3.8) is 0 Å². The number of ketones is 1. The number of allylic oxidation sites excluding steroid dienone is 3. The molecule has 0 bridgehead atoms. The summed E-state index contributed by atoms with van der Waals surface area (Å²) < 4.78 is 16.5. The predicted molar refractivity (Wildman–Crippen MR) is 110 cm³/mol. The Bertz CT molecular complexity index is 1110. The van der Waals surface area contributed by atoms with Crippen LogP contribution in [-0.4, -0.2) is 38.5 Å². The second kappa shape index (κ2) is 7.37. The first-order valence-electron chi connectivity index (χ1n) is 10.0. The molecule has 5 rings (SSSR count). The van der Waals surface area contributed by atoms with Crippen LogP contribution in [0.5, 0.6) is 0 Å². The number of hydrazone groups is 1. The summed E-state index contributed by atoms with van der Waals surface area (Å²) in [7, 11) is 0. The molecule has 152 valence electrons. The number of aryl methyl sites for hydroxylation is 1. The second-order valence-electron chi connectivity index (χ2n) is 7.52. The normalized spacial score (nSPS) is 22.9. The monoisotopic (exact) mass is 404 g/mol. The number of benzene rings is 1. The molecule has 2 aliphatic heterocycles. The first-order chi connectivity index (χ1) is 14.7. The summed E-state index contributed by atoms with van der Waals surface area (Å²) >= 11 is 0. The molecule has 1 aliphatic carbocycles. The third kappa shape index (κ3) is 2.96. The summed E-state index contributed by atoms with van der Waals surface area (Å²) in [6.07, 6.45) is 7.38. The van der Waals surface area contributed by atoms with Crippen molar-refractivity contribution in [2.45, 2.75) is 31.7 Å². The molecule has 0 amide bonds. The molecule has 0 spiro atoms. The number of nitrogens with zero attached hydrogens (tertiary/aromatic N) is 5. The molecule has 1 aromatic heterocycles. The molecule has 0 saturated carbocycles. The first-order valence-corrected chi connectivity index (χ1v) is 10.0. The van der Waals surface area contributed by atoms with Crippen molar-refractivity contribution < 1.29 is 9.28 Å². The van der Waals surface area contributed by atoms with Gasteiger partial charge in [-0.1, -0.05) is 53.0 Å². The Hall–Kier alpha value is -3.55. The Labute approximate surface area is 173 Å². The van der Waals surface area contributed by atoms with Gasteiger partial charge in [-0.2, -0.15) is 5.10 Å². The van der Waals surface area contributed by atoms with E-state index >= 15 is 0 Å². The average Bonchev–Trinajstić information content (AvgIpc) is 3.14. The second-order valence-corrected chi connectivity index (χ2v) is 7.52. The van der Waals surface area contributed by atoms with Gasteiger partial charge in [-0.05, 0) is 12.0 Å². The van der Waals surface area contributed by atoms with E-state index in [2.05, 4.69) is 45.6 Å². The number of rotatable bonds is 4. The molecular weight excluding hydrogens is 383 g/mol. The van der Waals surface area contributed by atoms with Crippen LogP contribution in [0, 0.1) is 0 Å². The van der Waals surface area contributed by atoms with Gasteiger partial charge in [-0.25, -0.2) is 9.67 Å². The highest BCUT2D eigenvalue weighted by Crippen LogP contribution is 2.47. The lowest BCUT2D eigenvalue weighted by atomic mass is 9.74. The zero-order chi connectivity index (χ0) is 20.7. The molecule has 8 heteroatoms. The summed E-state index contributed by atoms with van der Waals surface area (Å²) in [6, 6.07) is 10.1. The fourth-order valence-electron chi connectivity index (χ4n) is 4.39. The quantitative estimate of drug-likeness (QED) is 0.793. The molecular formula is C22H21FN6O. The van der Waals surface area contributed by atoms with Gasteiger partial charge >= 0.3 is 0 Å². The highest BCUT2D eigenvalue weighted by Gasteiger charge is 2.41. The smallest absolute Gasteiger partial charge is 0.176 e. The van der Waals surface area contributed by atoms with Gasteiger partial charge in [0.1, 0.15) is 17.8 Å². The van der Waals surface area contributed by atoms with Gasteiger partial charge < -0.3 is 5.32 Å². The minimum absolute atomic E-state index is 0.0701. The maximum absolute atomic E-state index is 14.6. The number of hydrogen-bond acceptors (Lipinski definition) is 6. The Morgan fingerprint density at radius 2 is 2.10 bits per heavy atom. The molecule has 3 heterocycles. The highest BCUT2D eigenvalue weighted by atomic mass is 19.2. The Balaban J connectivity index is 1.75. The van der Waals surface area contributed by atoms with Crippen molar-refractivity contribution in [1.82, 2.24) is 25.3 Å². The van der Waals surface area contributed by atoms with Crippen molar-refractivity contribution in [2.75, 3.05) is 6.54 Å². The minimum atomic E-state index is -0.241. The van der Waals surface area contributed by atoms with Crippen LogP contribution in [0.15, 0.2) is 76.5 Å². The van der Waals surface area contributed by atoms with E-state index in [1.807, 2.05) is 22.9 Å². The summed E-state index contributed by atoms with van der Waals surface area (Å²) in [5.74, 6) is 0.273. The van der Waals surface area contributed by atoms with Crippen molar-refractivity contribution in [3.8, 4) is 0 Å². The van der Waals surface area contributed by atoms with Gasteiger partial charge in [0.25, 0.3) is 0 Å². The molecule has 30 heavy (non-hydrogen) atoms. The van der Waals surface area contributed by atoms with E-state index in [1.165, 1.54) is 12.3 Å². The highest BCUT2D eigenvalue weighted by molar-refractivity contribution is 5.97. The average molecular weight is 404 g/mol. The number of hydrogen-bond donors (Lipinski definition) is 1. The first kappa shape index (κ1) is 18.5. The van der Waals surface area contributed by atoms with Crippen molar-refractivity contribution in [2.24, 2.45) is 5.10 Å². The third-order valence-corrected chi connectivity index (χ3v) is 5.63. The third-order valence-electron chi connectivity index (χ3n) is 5.63. The lowest BCUT2D eigenvalue weighted by Gasteiger charge is -2.35. The maximum atomic E-state index is 14.6. The van der Waals surface area contributed by atoms with Crippen LogP contribution in [0.3, 0.4) is 0 Å². The minimum Gasteiger partial charge on any atom is -0.380 e. The van der Waals surface area contributed by atoms with Gasteiger partial charge in [-0.15, -0.1) is 5.10 Å². The number of nitrogens with one attached hydrogen (secondary N) is 1. The SMILES string of the molecule is CCCn1ncnc1C1C2=C3C(=CC1c1ccccc1)C=NN(F)C3=CC(=O)CN2. The summed E-state index contributed by atoms with van der Waals surface area (Å²) in [4.78, 5) is 16.9. The molecule has 0 saturated heterocycles. The molecule has 1 N–H and O–H groups in total. The fraction of sp³-hybridized carbons (Fsp3) is 0.273. The molecule has 0 fully saturated rings. The largest absolute Gasteiger partial charge is 0.380 e. The zero-order valence-corrected chi connectivity index (χ0v) is 16.5. The van der Waals surface area contributed by atoms with E-state index in [9.17, 15) is 9.28 Å². The molecule has 2 unspecified atom stereocenters. The van der Waals surface area contributed by atoms with E-state index < -0.39 is 0 Å². The molecule has 0 radical (unpaired) electrons. The van der Waals surface area contributed by atoms with Crippen molar-refractivity contribution in [3.05, 3.63) is 82.7 Å². The lowest BCUT2D eigenvalue weighted by Crippen LogP contribution is -2.33. The molecule has 7 nitrogen and oxygen atoms in total. The van der Waals surface area contributed by atoms with E-state index in [1.54, 1.807) is 6.33 Å². The summed E-state index contributed by atoms with van der Waals surface area (Å²) in [5.41, 5.74) is 3.48. The standard InChI is InChI=1S/C22H21FN6O/c1-2-8-28-22(25-13-27-28)20-17(14-6-4-3-5-7-14)9-15-11-26-29(23)18-10-16(30)12-24-21(20)19(15)18/h3-7,9-11,13,17,20,24H,2,8,12H2,1H3. The number of carbonyl (C=O) groups excluding carboxylic acids is 1. The van der Waals surface area contributed by atoms with Crippen molar-refractivity contribution in [1.29, 1.82) is 0 Å². The van der Waals surface area contributed by atoms with Crippen LogP contribution in [-0.2, 0) is 11.3 Å². The zero-order valence-electron chi connectivity index (χ0n) is 16.5. The molecule has 1 aromatic carbocycles. The van der Waals surface area contributed by atoms with E-state index in [4.69, 9.17) is 0 Å². The topological polar surface area (TPSA) is 75.4 Å². The summed E-state index contributed by atoms with van der Waals surface area (Å²) in [6.45, 7) is 2.90. The Morgan fingerprint density at radius 1 is 1.27 bits per heavy atom. The van der Waals surface area contributed by atoms with Crippen molar-refractivity contribution >= 4 is 12.0 Å². The van der Waals surface area contributed by atoms with E-state index in [0.717, 1.165) is 35.6 Å². The van der Waals surface area contributed by atoms with E-state index in [0.29, 0.717) is 5.57 Å². The van der Waals surface area contributed by atoms with Crippen LogP contribution in [0.1, 0.15) is 36.6 Å². The van der Waals surface area contributed by atoms with Gasteiger partial charge in [-0.3, -0.25) is 4.79 Å². The van der Waals surface area contributed by atoms with Crippen LogP contribution < -0.4 is 5.32 Å². The molecule has 2 aromatic rings. The van der Waals surface area contributed by atoms with Crippen LogP contribution in [0.25, 0.3) is 0 Å². The lowest BCUT2D eigenvalue weighted by molar-refractivity contribution is -0.113. The van der Waals surface area contributed by atoms with Crippen LogP contribution in [0.4, 0.5) is 4.48 Å². The van der Waals surface area contributed by atoms with Gasteiger partial charge in [0.05, 0.1) is 18.7 Å². The Morgan fingerprint density at radius 3 is 2.90 bits per heavy atom. The predicted octanol–water partition coefficient (Wildman–Crippen LogP) is 2.99. The van der Waals surface area contributed by atoms with Crippen LogP contribution in [0.2, 0.25) is 0 Å². The molecule has 3 aliphatic rings. The maximum Gasteiger partial charge on any atom is 0.176 e. The fourth-order valence-corrected chi connectivity index (χ4v) is 4.39. The number of aromatic nitrogens is 3. The Kier molecular flexibility index (Phi) is 4.54. The van der Waals surface area contributed by atoms with E-state index in [-0.39, 0.29) is 35.1 Å².